The van der Waals surface area contributed by atoms with Gasteiger partial charge in [-0.25, -0.2) is 4.79 Å². The van der Waals surface area contributed by atoms with Crippen molar-refractivity contribution in [3.8, 4) is 0 Å². The maximum absolute atomic E-state index is 12.2. The van der Waals surface area contributed by atoms with E-state index in [2.05, 4.69) is 20.7 Å². The van der Waals surface area contributed by atoms with Gasteiger partial charge in [0.1, 0.15) is 6.54 Å². The summed E-state index contributed by atoms with van der Waals surface area (Å²) in [5, 5.41) is 0. The van der Waals surface area contributed by atoms with Crippen LogP contribution in [0.5, 0.6) is 0 Å². The van der Waals surface area contributed by atoms with Gasteiger partial charge in [0.15, 0.2) is 0 Å². The SMILES string of the molecule is COC(=O)Cn1cc(Br)c(=O)n([C@@H](C)CSC)c1=O. The van der Waals surface area contributed by atoms with E-state index in [0.717, 1.165) is 9.13 Å². The number of ether oxygens (including phenoxy) is 1. The van der Waals surface area contributed by atoms with Crippen LogP contribution in [0.15, 0.2) is 20.3 Å². The number of rotatable bonds is 5. The lowest BCUT2D eigenvalue weighted by Gasteiger charge is -2.15. The Hall–Kier alpha value is -1.02. The van der Waals surface area contributed by atoms with Gasteiger partial charge in [0.2, 0.25) is 0 Å². The average molecular weight is 351 g/mol. The van der Waals surface area contributed by atoms with Crippen LogP contribution >= 0.6 is 27.7 Å². The molecule has 1 aromatic rings. The summed E-state index contributed by atoms with van der Waals surface area (Å²) in [6, 6.07) is -0.253. The zero-order valence-electron chi connectivity index (χ0n) is 10.9. The van der Waals surface area contributed by atoms with Crippen molar-refractivity contribution < 1.29 is 9.53 Å². The summed E-state index contributed by atoms with van der Waals surface area (Å²) in [6.07, 6.45) is 3.20. The second-order valence-electron chi connectivity index (χ2n) is 3.94. The molecule has 106 valence electrons. The minimum Gasteiger partial charge on any atom is -0.468 e. The van der Waals surface area contributed by atoms with Crippen LogP contribution in [-0.2, 0) is 16.1 Å². The Bertz CT molecular complexity index is 581. The molecule has 0 bridgehead atoms. The van der Waals surface area contributed by atoms with Crippen LogP contribution in [-0.4, -0.2) is 34.2 Å². The zero-order valence-corrected chi connectivity index (χ0v) is 13.3. The molecule has 0 fully saturated rings. The number of carbonyl (C=O) groups is 1. The monoisotopic (exact) mass is 350 g/mol. The third-order valence-corrected chi connectivity index (χ3v) is 3.88. The Morgan fingerprint density at radius 3 is 2.68 bits per heavy atom. The second-order valence-corrected chi connectivity index (χ2v) is 5.71. The van der Waals surface area contributed by atoms with E-state index in [9.17, 15) is 14.4 Å². The molecule has 0 aliphatic carbocycles. The molecule has 0 aromatic carbocycles. The second kappa shape index (κ2) is 6.95. The number of nitrogens with zero attached hydrogens (tertiary/aromatic N) is 2. The van der Waals surface area contributed by atoms with E-state index in [0.29, 0.717) is 5.75 Å². The summed E-state index contributed by atoms with van der Waals surface area (Å²) in [5.74, 6) is 0.0841. The first-order valence-electron chi connectivity index (χ1n) is 5.49. The largest absolute Gasteiger partial charge is 0.468 e. The molecule has 0 radical (unpaired) electrons. The number of hydrogen-bond donors (Lipinski definition) is 0. The molecule has 0 saturated heterocycles. The Balaban J connectivity index is 3.34. The van der Waals surface area contributed by atoms with Crippen molar-refractivity contribution >= 4 is 33.7 Å². The lowest BCUT2D eigenvalue weighted by molar-refractivity contribution is -0.141. The molecule has 1 rings (SSSR count). The fourth-order valence-corrected chi connectivity index (χ4v) is 2.68. The number of halogens is 1. The first kappa shape index (κ1) is 16.0. The minimum atomic E-state index is -0.545. The van der Waals surface area contributed by atoms with Crippen LogP contribution in [0.25, 0.3) is 0 Å². The maximum atomic E-state index is 12.2. The van der Waals surface area contributed by atoms with E-state index in [1.54, 1.807) is 6.92 Å². The van der Waals surface area contributed by atoms with Gasteiger partial charge in [-0.1, -0.05) is 0 Å². The van der Waals surface area contributed by atoms with Crippen LogP contribution in [0.4, 0.5) is 0 Å². The maximum Gasteiger partial charge on any atom is 0.331 e. The highest BCUT2D eigenvalue weighted by Crippen LogP contribution is 2.09. The number of hydrogen-bond acceptors (Lipinski definition) is 5. The van der Waals surface area contributed by atoms with E-state index in [-0.39, 0.29) is 17.1 Å². The Kier molecular flexibility index (Phi) is 5.86. The van der Waals surface area contributed by atoms with Crippen molar-refractivity contribution in [2.75, 3.05) is 19.1 Å². The molecule has 0 spiro atoms. The molecule has 1 atom stereocenters. The molecule has 0 aliphatic rings. The molecule has 1 heterocycles. The van der Waals surface area contributed by atoms with Crippen molar-refractivity contribution in [3.63, 3.8) is 0 Å². The van der Waals surface area contributed by atoms with Gasteiger partial charge in [0, 0.05) is 18.0 Å². The van der Waals surface area contributed by atoms with Gasteiger partial charge in [-0.15, -0.1) is 0 Å². The predicted molar refractivity (Wildman–Crippen MR) is 77.8 cm³/mol. The highest BCUT2D eigenvalue weighted by Gasteiger charge is 2.16. The molecule has 0 saturated carbocycles. The lowest BCUT2D eigenvalue weighted by Crippen LogP contribution is -2.43. The summed E-state index contributed by atoms with van der Waals surface area (Å²) in [4.78, 5) is 35.4. The lowest BCUT2D eigenvalue weighted by atomic mass is 10.4. The van der Waals surface area contributed by atoms with Gasteiger partial charge in [0.05, 0.1) is 11.6 Å². The van der Waals surface area contributed by atoms with E-state index in [4.69, 9.17) is 0 Å². The standard InChI is InChI=1S/C11H15BrN2O4S/c1-7(6-19-3)14-10(16)8(12)4-13(11(14)17)5-9(15)18-2/h4,7H,5-6H2,1-3H3/t7-/m0/s1. The third kappa shape index (κ3) is 3.73. The number of carbonyl (C=O) groups excluding carboxylic acids is 1. The van der Waals surface area contributed by atoms with Crippen molar-refractivity contribution in [3.05, 3.63) is 31.5 Å². The van der Waals surface area contributed by atoms with Crippen molar-refractivity contribution in [1.29, 1.82) is 0 Å². The van der Waals surface area contributed by atoms with E-state index < -0.39 is 17.2 Å². The van der Waals surface area contributed by atoms with Crippen LogP contribution in [0.3, 0.4) is 0 Å². The highest BCUT2D eigenvalue weighted by molar-refractivity contribution is 9.10. The fourth-order valence-electron chi connectivity index (χ4n) is 1.61. The molecule has 8 heteroatoms. The quantitative estimate of drug-likeness (QED) is 0.737. The average Bonchev–Trinajstić information content (AvgIpc) is 2.36. The Labute approximate surface area is 122 Å². The molecule has 6 nitrogen and oxygen atoms in total. The van der Waals surface area contributed by atoms with E-state index in [1.807, 2.05) is 6.26 Å². The number of thioether (sulfide) groups is 1. The summed E-state index contributed by atoms with van der Waals surface area (Å²) in [5.41, 5.74) is -0.909. The molecule has 0 N–H and O–H groups in total. The van der Waals surface area contributed by atoms with Gasteiger partial charge in [-0.3, -0.25) is 18.7 Å². The van der Waals surface area contributed by atoms with Crippen LogP contribution < -0.4 is 11.2 Å². The Morgan fingerprint density at radius 2 is 2.16 bits per heavy atom. The molecule has 0 unspecified atom stereocenters. The van der Waals surface area contributed by atoms with Crippen molar-refractivity contribution in [1.82, 2.24) is 9.13 Å². The van der Waals surface area contributed by atoms with Gasteiger partial charge in [-0.05, 0) is 29.1 Å². The molecule has 0 amide bonds. The summed E-state index contributed by atoms with van der Waals surface area (Å²) < 4.78 is 7.06. The smallest absolute Gasteiger partial charge is 0.331 e. The fraction of sp³-hybridized carbons (Fsp3) is 0.545. The molecular formula is C11H15BrN2O4S. The van der Waals surface area contributed by atoms with E-state index >= 15 is 0 Å². The normalized spacial score (nSPS) is 12.2. The van der Waals surface area contributed by atoms with Crippen molar-refractivity contribution in [2.45, 2.75) is 19.5 Å². The molecular weight excluding hydrogens is 336 g/mol. The van der Waals surface area contributed by atoms with Crippen LogP contribution in [0, 0.1) is 0 Å². The number of esters is 1. The van der Waals surface area contributed by atoms with Gasteiger partial charge in [-0.2, -0.15) is 11.8 Å². The topological polar surface area (TPSA) is 70.3 Å². The van der Waals surface area contributed by atoms with Crippen LogP contribution in [0.1, 0.15) is 13.0 Å². The molecule has 1 aromatic heterocycles. The predicted octanol–water partition coefficient (Wildman–Crippen LogP) is 0.869. The molecule has 0 aliphatic heterocycles. The zero-order chi connectivity index (χ0) is 14.6. The van der Waals surface area contributed by atoms with Gasteiger partial charge >= 0.3 is 11.7 Å². The first-order chi connectivity index (χ1) is 8.92. The van der Waals surface area contributed by atoms with Crippen LogP contribution in [0.2, 0.25) is 0 Å². The van der Waals surface area contributed by atoms with Gasteiger partial charge in [0.25, 0.3) is 5.56 Å². The highest BCUT2D eigenvalue weighted by atomic mass is 79.9. The summed E-state index contributed by atoms with van der Waals surface area (Å²) in [7, 11) is 1.24. The molecule has 19 heavy (non-hydrogen) atoms. The minimum absolute atomic E-state index is 0.222. The third-order valence-electron chi connectivity index (χ3n) is 2.52. The van der Waals surface area contributed by atoms with E-state index in [1.165, 1.54) is 25.1 Å². The Morgan fingerprint density at radius 1 is 1.53 bits per heavy atom. The summed E-state index contributed by atoms with van der Waals surface area (Å²) in [6.45, 7) is 1.56. The van der Waals surface area contributed by atoms with Crippen molar-refractivity contribution in [2.24, 2.45) is 0 Å². The first-order valence-corrected chi connectivity index (χ1v) is 7.68. The summed E-state index contributed by atoms with van der Waals surface area (Å²) >= 11 is 4.65. The number of aromatic nitrogens is 2. The number of methoxy groups -OCH3 is 1. The van der Waals surface area contributed by atoms with Gasteiger partial charge < -0.3 is 4.74 Å².